The SMILES string of the molecule is C\C=C/C(=C\C)C(=N\OC(C)(C)C(C)(C)C)/c1ccccc1. The van der Waals surface area contributed by atoms with Gasteiger partial charge in [-0.15, -0.1) is 0 Å². The Morgan fingerprint density at radius 2 is 1.59 bits per heavy atom. The van der Waals surface area contributed by atoms with Crippen molar-refractivity contribution in [3.63, 3.8) is 0 Å². The van der Waals surface area contributed by atoms with Crippen LogP contribution in [0.3, 0.4) is 0 Å². The van der Waals surface area contributed by atoms with Crippen molar-refractivity contribution in [1.82, 2.24) is 0 Å². The highest BCUT2D eigenvalue weighted by Gasteiger charge is 2.35. The standard InChI is InChI=1S/C20H29NO/c1-8-13-16(9-2)18(17-14-11-10-12-15-17)21-22-20(6,7)19(3,4)5/h8-15H,1-7H3/b13-8-,16-9+,21-18+. The molecule has 0 amide bonds. The van der Waals surface area contributed by atoms with Gasteiger partial charge in [0.05, 0.1) is 0 Å². The molecule has 0 aliphatic carbocycles. The lowest BCUT2D eigenvalue weighted by Gasteiger charge is -2.36. The van der Waals surface area contributed by atoms with Crippen molar-refractivity contribution in [2.45, 2.75) is 54.1 Å². The summed E-state index contributed by atoms with van der Waals surface area (Å²) in [4.78, 5) is 5.95. The molecule has 0 saturated carbocycles. The zero-order chi connectivity index (χ0) is 16.8. The normalized spacial score (nSPS) is 14.5. The summed E-state index contributed by atoms with van der Waals surface area (Å²) in [7, 11) is 0. The van der Waals surface area contributed by atoms with Gasteiger partial charge in [-0.05, 0) is 33.3 Å². The number of nitrogens with zero attached hydrogens (tertiary/aromatic N) is 1. The molecule has 0 saturated heterocycles. The highest BCUT2D eigenvalue weighted by molar-refractivity contribution is 6.14. The Kier molecular flexibility index (Phi) is 6.16. The van der Waals surface area contributed by atoms with Gasteiger partial charge in [0.15, 0.2) is 0 Å². The minimum atomic E-state index is -0.359. The first-order valence-corrected chi connectivity index (χ1v) is 7.84. The summed E-state index contributed by atoms with van der Waals surface area (Å²) in [6.45, 7) is 14.6. The van der Waals surface area contributed by atoms with Gasteiger partial charge in [-0.25, -0.2) is 0 Å². The topological polar surface area (TPSA) is 21.6 Å². The van der Waals surface area contributed by atoms with Gasteiger partial charge in [0.2, 0.25) is 0 Å². The van der Waals surface area contributed by atoms with Crippen molar-refractivity contribution in [3.8, 4) is 0 Å². The highest BCUT2D eigenvalue weighted by Crippen LogP contribution is 2.33. The number of hydrogen-bond donors (Lipinski definition) is 0. The Morgan fingerprint density at radius 3 is 2.05 bits per heavy atom. The molecule has 0 atom stereocenters. The largest absolute Gasteiger partial charge is 0.389 e. The van der Waals surface area contributed by atoms with Crippen LogP contribution in [0.4, 0.5) is 0 Å². The first-order valence-electron chi connectivity index (χ1n) is 7.84. The van der Waals surface area contributed by atoms with Crippen LogP contribution >= 0.6 is 0 Å². The number of oxime groups is 1. The van der Waals surface area contributed by atoms with E-state index in [9.17, 15) is 0 Å². The van der Waals surface area contributed by atoms with E-state index in [0.29, 0.717) is 0 Å². The number of allylic oxidation sites excluding steroid dienone is 4. The molecule has 22 heavy (non-hydrogen) atoms. The van der Waals surface area contributed by atoms with Crippen LogP contribution in [0.25, 0.3) is 0 Å². The predicted molar refractivity (Wildman–Crippen MR) is 96.2 cm³/mol. The molecule has 2 heteroatoms. The molecule has 0 aromatic heterocycles. The second kappa shape index (κ2) is 7.44. The first kappa shape index (κ1) is 18.2. The second-order valence-electron chi connectivity index (χ2n) is 6.90. The Morgan fingerprint density at radius 1 is 1.00 bits per heavy atom. The van der Waals surface area contributed by atoms with E-state index in [1.165, 1.54) is 0 Å². The summed E-state index contributed by atoms with van der Waals surface area (Å²) in [5, 5.41) is 4.52. The van der Waals surface area contributed by atoms with E-state index in [0.717, 1.165) is 16.8 Å². The smallest absolute Gasteiger partial charge is 0.137 e. The number of hydrogen-bond acceptors (Lipinski definition) is 2. The molecule has 0 aliphatic rings. The van der Waals surface area contributed by atoms with E-state index < -0.39 is 0 Å². The Labute approximate surface area is 135 Å². The van der Waals surface area contributed by atoms with Crippen molar-refractivity contribution in [1.29, 1.82) is 0 Å². The van der Waals surface area contributed by atoms with E-state index in [1.54, 1.807) is 0 Å². The van der Waals surface area contributed by atoms with Crippen LogP contribution in [-0.4, -0.2) is 11.3 Å². The third-order valence-corrected chi connectivity index (χ3v) is 4.15. The maximum atomic E-state index is 5.95. The van der Waals surface area contributed by atoms with Crippen molar-refractivity contribution in [3.05, 3.63) is 59.7 Å². The van der Waals surface area contributed by atoms with Gasteiger partial charge in [-0.2, -0.15) is 0 Å². The molecule has 120 valence electrons. The van der Waals surface area contributed by atoms with Crippen molar-refractivity contribution in [2.24, 2.45) is 10.6 Å². The summed E-state index contributed by atoms with van der Waals surface area (Å²) in [5.41, 5.74) is 2.60. The zero-order valence-electron chi connectivity index (χ0n) is 15.0. The monoisotopic (exact) mass is 299 g/mol. The number of benzene rings is 1. The molecule has 0 N–H and O–H groups in total. The van der Waals surface area contributed by atoms with Crippen LogP contribution in [0, 0.1) is 5.41 Å². The molecular weight excluding hydrogens is 270 g/mol. The summed E-state index contributed by atoms with van der Waals surface area (Å²) in [5.74, 6) is 0. The predicted octanol–water partition coefficient (Wildman–Crippen LogP) is 5.75. The van der Waals surface area contributed by atoms with Crippen LogP contribution in [0.1, 0.15) is 54.0 Å². The average Bonchev–Trinajstić information content (AvgIpc) is 2.46. The fourth-order valence-corrected chi connectivity index (χ4v) is 1.66. The van der Waals surface area contributed by atoms with Crippen LogP contribution in [-0.2, 0) is 4.84 Å². The van der Waals surface area contributed by atoms with Gasteiger partial charge in [0.1, 0.15) is 11.3 Å². The zero-order valence-corrected chi connectivity index (χ0v) is 15.0. The minimum absolute atomic E-state index is 0.00497. The van der Waals surface area contributed by atoms with Crippen LogP contribution in [0.5, 0.6) is 0 Å². The van der Waals surface area contributed by atoms with E-state index in [2.05, 4.69) is 64.1 Å². The van der Waals surface area contributed by atoms with Crippen molar-refractivity contribution >= 4 is 5.71 Å². The molecular formula is C20H29NO. The molecule has 0 heterocycles. The van der Waals surface area contributed by atoms with Gasteiger partial charge >= 0.3 is 0 Å². The molecule has 1 rings (SSSR count). The molecule has 0 fully saturated rings. The molecule has 0 radical (unpaired) electrons. The fraction of sp³-hybridized carbons (Fsp3) is 0.450. The van der Waals surface area contributed by atoms with E-state index >= 15 is 0 Å². The van der Waals surface area contributed by atoms with E-state index in [-0.39, 0.29) is 11.0 Å². The third kappa shape index (κ3) is 4.59. The fourth-order valence-electron chi connectivity index (χ4n) is 1.66. The van der Waals surface area contributed by atoms with Gasteiger partial charge in [-0.3, -0.25) is 0 Å². The molecule has 1 aromatic carbocycles. The van der Waals surface area contributed by atoms with Crippen LogP contribution in [0.2, 0.25) is 0 Å². The summed E-state index contributed by atoms with van der Waals surface area (Å²) >= 11 is 0. The quantitative estimate of drug-likeness (QED) is 0.385. The minimum Gasteiger partial charge on any atom is -0.389 e. The molecule has 1 aromatic rings. The lowest BCUT2D eigenvalue weighted by molar-refractivity contribution is -0.0887. The molecule has 0 unspecified atom stereocenters. The second-order valence-corrected chi connectivity index (χ2v) is 6.90. The lowest BCUT2D eigenvalue weighted by Crippen LogP contribution is -2.38. The van der Waals surface area contributed by atoms with Gasteiger partial charge < -0.3 is 4.84 Å². The Bertz CT molecular complexity index is 557. The highest BCUT2D eigenvalue weighted by atomic mass is 16.6. The first-order chi connectivity index (χ1) is 10.2. The van der Waals surface area contributed by atoms with Gasteiger partial charge in [0, 0.05) is 11.0 Å². The number of rotatable bonds is 5. The van der Waals surface area contributed by atoms with Crippen LogP contribution in [0.15, 0.2) is 59.3 Å². The Hall–Kier alpha value is -1.83. The maximum absolute atomic E-state index is 5.95. The van der Waals surface area contributed by atoms with Crippen LogP contribution < -0.4 is 0 Å². The maximum Gasteiger partial charge on any atom is 0.137 e. The van der Waals surface area contributed by atoms with E-state index in [4.69, 9.17) is 4.84 Å². The summed E-state index contributed by atoms with van der Waals surface area (Å²) in [6.07, 6.45) is 6.13. The van der Waals surface area contributed by atoms with Gasteiger partial charge in [0.25, 0.3) is 0 Å². The summed E-state index contributed by atoms with van der Waals surface area (Å²) in [6, 6.07) is 10.1. The lowest BCUT2D eigenvalue weighted by atomic mass is 9.79. The molecule has 2 nitrogen and oxygen atoms in total. The summed E-state index contributed by atoms with van der Waals surface area (Å²) < 4.78 is 0. The van der Waals surface area contributed by atoms with Gasteiger partial charge in [-0.1, -0.05) is 74.5 Å². The third-order valence-electron chi connectivity index (χ3n) is 4.15. The molecule has 0 spiro atoms. The van der Waals surface area contributed by atoms with E-state index in [1.807, 2.05) is 38.1 Å². The average molecular weight is 299 g/mol. The van der Waals surface area contributed by atoms with Crippen molar-refractivity contribution in [2.75, 3.05) is 0 Å². The van der Waals surface area contributed by atoms with Crippen molar-refractivity contribution < 1.29 is 4.84 Å². The molecule has 0 aliphatic heterocycles. The molecule has 0 bridgehead atoms. The Balaban J connectivity index is 3.25.